The molecule has 2 rings (SSSR count). The smallest absolute Gasteiger partial charge is 0.147 e. The zero-order valence-electron chi connectivity index (χ0n) is 8.40. The molecular weight excluding hydrogens is 215 g/mol. The van der Waals surface area contributed by atoms with Crippen LogP contribution in [-0.4, -0.2) is 11.5 Å². The highest BCUT2D eigenvalue weighted by atomic mass is 35.5. The molecule has 2 aromatic rings. The van der Waals surface area contributed by atoms with Crippen molar-refractivity contribution in [3.8, 4) is 0 Å². The molecule has 0 aliphatic rings. The number of aryl methyl sites for hydroxylation is 1. The fourth-order valence-corrected chi connectivity index (χ4v) is 2.15. The van der Waals surface area contributed by atoms with E-state index in [0.29, 0.717) is 23.5 Å². The fourth-order valence-electron chi connectivity index (χ4n) is 1.88. The number of benzene rings is 1. The second kappa shape index (κ2) is 3.83. The van der Waals surface area contributed by atoms with Crippen LogP contribution in [0.3, 0.4) is 0 Å². The first-order chi connectivity index (χ1) is 7.15. The number of rotatable bonds is 2. The molecule has 0 atom stereocenters. The van der Waals surface area contributed by atoms with E-state index in [2.05, 4.69) is 4.98 Å². The highest BCUT2D eigenvalue weighted by Gasteiger charge is 2.13. The van der Waals surface area contributed by atoms with Crippen molar-refractivity contribution >= 4 is 22.5 Å². The van der Waals surface area contributed by atoms with Gasteiger partial charge in [0.1, 0.15) is 5.82 Å². The Kier molecular flexibility index (Phi) is 2.67. The molecule has 0 bridgehead atoms. The van der Waals surface area contributed by atoms with E-state index in [0.717, 1.165) is 16.6 Å². The lowest BCUT2D eigenvalue weighted by molar-refractivity contribution is 0.637. The minimum atomic E-state index is -0.277. The molecule has 0 saturated heterocycles. The van der Waals surface area contributed by atoms with Gasteiger partial charge in [-0.3, -0.25) is 0 Å². The Labute approximate surface area is 92.2 Å². The van der Waals surface area contributed by atoms with Crippen LogP contribution in [0.2, 0.25) is 5.02 Å². The van der Waals surface area contributed by atoms with Gasteiger partial charge in [0.25, 0.3) is 0 Å². The Morgan fingerprint density at radius 3 is 2.87 bits per heavy atom. The van der Waals surface area contributed by atoms with E-state index in [9.17, 15) is 4.39 Å². The molecule has 2 nitrogen and oxygen atoms in total. The van der Waals surface area contributed by atoms with Crippen molar-refractivity contribution in [1.29, 1.82) is 0 Å². The zero-order valence-corrected chi connectivity index (χ0v) is 9.16. The van der Waals surface area contributed by atoms with Gasteiger partial charge in [0.15, 0.2) is 0 Å². The zero-order chi connectivity index (χ0) is 11.0. The van der Waals surface area contributed by atoms with E-state index in [4.69, 9.17) is 17.3 Å². The lowest BCUT2D eigenvalue weighted by atomic mass is 10.1. The van der Waals surface area contributed by atoms with Gasteiger partial charge < -0.3 is 10.7 Å². The third-order valence-corrected chi connectivity index (χ3v) is 2.88. The largest absolute Gasteiger partial charge is 0.356 e. The summed E-state index contributed by atoms with van der Waals surface area (Å²) in [6.45, 7) is 2.43. The topological polar surface area (TPSA) is 41.8 Å². The molecule has 1 aromatic heterocycles. The van der Waals surface area contributed by atoms with Crippen LogP contribution in [-0.2, 0) is 6.42 Å². The molecule has 0 radical (unpaired) electrons. The van der Waals surface area contributed by atoms with Crippen molar-refractivity contribution in [2.24, 2.45) is 5.73 Å². The first-order valence-corrected chi connectivity index (χ1v) is 5.18. The van der Waals surface area contributed by atoms with Crippen LogP contribution in [0.15, 0.2) is 12.1 Å². The van der Waals surface area contributed by atoms with E-state index < -0.39 is 0 Å². The van der Waals surface area contributed by atoms with Gasteiger partial charge in [-0.05, 0) is 37.6 Å². The van der Waals surface area contributed by atoms with Gasteiger partial charge in [-0.1, -0.05) is 11.6 Å². The normalized spacial score (nSPS) is 11.2. The Balaban J connectivity index is 2.79. The number of hydrogen-bond donors (Lipinski definition) is 2. The summed E-state index contributed by atoms with van der Waals surface area (Å²) < 4.78 is 13.5. The molecule has 15 heavy (non-hydrogen) atoms. The Bertz CT molecular complexity index is 505. The molecule has 0 aliphatic heterocycles. The molecule has 0 amide bonds. The molecular formula is C11H12ClFN2. The van der Waals surface area contributed by atoms with Gasteiger partial charge in [0.05, 0.1) is 10.5 Å². The number of fused-ring (bicyclic) bond motifs is 1. The van der Waals surface area contributed by atoms with Gasteiger partial charge >= 0.3 is 0 Å². The molecule has 80 valence electrons. The van der Waals surface area contributed by atoms with Crippen molar-refractivity contribution in [2.45, 2.75) is 13.3 Å². The van der Waals surface area contributed by atoms with Gasteiger partial charge in [-0.25, -0.2) is 4.39 Å². The van der Waals surface area contributed by atoms with Crippen molar-refractivity contribution in [1.82, 2.24) is 4.98 Å². The number of nitrogens with one attached hydrogen (secondary N) is 1. The monoisotopic (exact) mass is 226 g/mol. The molecule has 0 unspecified atom stereocenters. The quantitative estimate of drug-likeness (QED) is 0.813. The maximum Gasteiger partial charge on any atom is 0.147 e. The molecule has 0 aliphatic carbocycles. The number of nitrogens with two attached hydrogens (primary N) is 1. The van der Waals surface area contributed by atoms with Crippen molar-refractivity contribution in [3.05, 3.63) is 34.2 Å². The molecule has 4 heteroatoms. The van der Waals surface area contributed by atoms with Crippen LogP contribution in [0.4, 0.5) is 4.39 Å². The summed E-state index contributed by atoms with van der Waals surface area (Å²) in [5.74, 6) is -0.277. The minimum absolute atomic E-state index is 0.277. The maximum absolute atomic E-state index is 13.5. The summed E-state index contributed by atoms with van der Waals surface area (Å²) in [6, 6.07) is 2.94. The standard InChI is InChI=1S/C11H12ClFN2/c1-6-7(4-5-14)10-8(12)2-3-9(13)11(10)15-6/h2-3,15H,4-5,14H2,1H3. The first-order valence-electron chi connectivity index (χ1n) is 4.80. The number of halogens is 2. The molecule has 0 fully saturated rings. The lowest BCUT2D eigenvalue weighted by Crippen LogP contribution is -2.03. The predicted molar refractivity (Wildman–Crippen MR) is 60.8 cm³/mol. The maximum atomic E-state index is 13.5. The van der Waals surface area contributed by atoms with Crippen LogP contribution in [0.25, 0.3) is 10.9 Å². The van der Waals surface area contributed by atoms with Crippen LogP contribution < -0.4 is 5.73 Å². The third kappa shape index (κ3) is 1.62. The minimum Gasteiger partial charge on any atom is -0.356 e. The number of hydrogen-bond acceptors (Lipinski definition) is 1. The summed E-state index contributed by atoms with van der Waals surface area (Å²) in [6.07, 6.45) is 0.703. The molecule has 0 spiro atoms. The molecule has 0 saturated carbocycles. The lowest BCUT2D eigenvalue weighted by Gasteiger charge is -2.00. The highest BCUT2D eigenvalue weighted by molar-refractivity contribution is 6.35. The summed E-state index contributed by atoms with van der Waals surface area (Å²) >= 11 is 6.06. The highest BCUT2D eigenvalue weighted by Crippen LogP contribution is 2.30. The van der Waals surface area contributed by atoms with E-state index >= 15 is 0 Å². The van der Waals surface area contributed by atoms with Crippen LogP contribution >= 0.6 is 11.6 Å². The average Bonchev–Trinajstić information content (AvgIpc) is 2.53. The van der Waals surface area contributed by atoms with Gasteiger partial charge in [0, 0.05) is 11.1 Å². The van der Waals surface area contributed by atoms with Crippen molar-refractivity contribution in [2.75, 3.05) is 6.54 Å². The average molecular weight is 227 g/mol. The Morgan fingerprint density at radius 2 is 2.20 bits per heavy atom. The van der Waals surface area contributed by atoms with Crippen LogP contribution in [0.1, 0.15) is 11.3 Å². The van der Waals surface area contributed by atoms with Gasteiger partial charge in [-0.2, -0.15) is 0 Å². The van der Waals surface area contributed by atoms with Crippen LogP contribution in [0.5, 0.6) is 0 Å². The Morgan fingerprint density at radius 1 is 1.47 bits per heavy atom. The van der Waals surface area contributed by atoms with E-state index in [-0.39, 0.29) is 5.82 Å². The summed E-state index contributed by atoms with van der Waals surface area (Å²) in [5, 5.41) is 1.33. The van der Waals surface area contributed by atoms with E-state index in [1.807, 2.05) is 6.92 Å². The predicted octanol–water partition coefficient (Wildman–Crippen LogP) is 2.77. The molecule has 1 heterocycles. The van der Waals surface area contributed by atoms with Crippen molar-refractivity contribution < 1.29 is 4.39 Å². The van der Waals surface area contributed by atoms with E-state index in [1.54, 1.807) is 6.07 Å². The fraction of sp³-hybridized carbons (Fsp3) is 0.273. The Hall–Kier alpha value is -1.06. The molecule has 3 N–H and O–H groups in total. The summed E-state index contributed by atoms with van der Waals surface area (Å²) in [4.78, 5) is 3.01. The molecule has 1 aromatic carbocycles. The van der Waals surface area contributed by atoms with Gasteiger partial charge in [0.2, 0.25) is 0 Å². The third-order valence-electron chi connectivity index (χ3n) is 2.56. The van der Waals surface area contributed by atoms with E-state index in [1.165, 1.54) is 6.07 Å². The van der Waals surface area contributed by atoms with Gasteiger partial charge in [-0.15, -0.1) is 0 Å². The number of H-pyrrole nitrogens is 1. The first kappa shape index (κ1) is 10.5. The SMILES string of the molecule is Cc1[nH]c2c(F)ccc(Cl)c2c1CCN. The summed E-state index contributed by atoms with van der Waals surface area (Å²) in [5.41, 5.74) is 7.94. The summed E-state index contributed by atoms with van der Waals surface area (Å²) in [7, 11) is 0. The second-order valence-electron chi connectivity index (χ2n) is 3.55. The number of aromatic amines is 1. The second-order valence-corrected chi connectivity index (χ2v) is 3.95. The van der Waals surface area contributed by atoms with Crippen LogP contribution in [0, 0.1) is 12.7 Å². The number of aromatic nitrogens is 1. The van der Waals surface area contributed by atoms with Crippen molar-refractivity contribution in [3.63, 3.8) is 0 Å².